The van der Waals surface area contributed by atoms with Crippen molar-refractivity contribution in [3.05, 3.63) is 53.7 Å². The Morgan fingerprint density at radius 2 is 1.85 bits per heavy atom. The average Bonchev–Trinajstić information content (AvgIpc) is 2.86. The molecule has 0 unspecified atom stereocenters. The van der Waals surface area contributed by atoms with E-state index in [1.807, 2.05) is 29.2 Å². The van der Waals surface area contributed by atoms with Gasteiger partial charge >= 0.3 is 0 Å². The number of para-hydroxylation sites is 1. The van der Waals surface area contributed by atoms with Crippen LogP contribution in [-0.4, -0.2) is 73.1 Å². The van der Waals surface area contributed by atoms with E-state index in [-0.39, 0.29) is 17.2 Å². The van der Waals surface area contributed by atoms with Gasteiger partial charge in [-0.05, 0) is 49.9 Å². The van der Waals surface area contributed by atoms with Gasteiger partial charge in [0.25, 0.3) is 11.8 Å². The predicted molar refractivity (Wildman–Crippen MR) is 130 cm³/mol. The van der Waals surface area contributed by atoms with E-state index in [1.54, 1.807) is 30.3 Å². The summed E-state index contributed by atoms with van der Waals surface area (Å²) in [6.45, 7) is 3.58. The second-order valence-corrected chi connectivity index (χ2v) is 9.34. The third kappa shape index (κ3) is 5.67. The number of hydrogen-bond donors (Lipinski definition) is 1. The fourth-order valence-corrected chi connectivity index (χ4v) is 4.73. The molecule has 2 amide bonds. The number of carbonyl (C=O) groups is 2. The minimum Gasteiger partial charge on any atom is -0.492 e. The van der Waals surface area contributed by atoms with Crippen LogP contribution in [0.15, 0.2) is 42.6 Å². The fourth-order valence-electron chi connectivity index (χ4n) is 4.73. The number of likely N-dealkylation sites (N-methyl/N-ethyl adjacent to an activating group) is 1. The molecule has 1 aromatic heterocycles. The molecule has 8 nitrogen and oxygen atoms in total. The van der Waals surface area contributed by atoms with Gasteiger partial charge in [0.05, 0.1) is 18.8 Å². The number of carbonyl (C=O) groups excluding carboxylic acids is 2. The van der Waals surface area contributed by atoms with E-state index in [4.69, 9.17) is 15.2 Å². The van der Waals surface area contributed by atoms with Crippen molar-refractivity contribution >= 4 is 17.6 Å². The maximum atomic E-state index is 13.0. The Morgan fingerprint density at radius 1 is 1.06 bits per heavy atom. The summed E-state index contributed by atoms with van der Waals surface area (Å²) in [6.07, 6.45) is 6.25. The lowest BCUT2D eigenvalue weighted by atomic mass is 9.75. The number of aromatic nitrogens is 1. The first kappa shape index (κ1) is 24.0. The van der Waals surface area contributed by atoms with Crippen molar-refractivity contribution in [3.63, 3.8) is 0 Å². The molecule has 8 heteroatoms. The number of hydrogen-bond acceptors (Lipinski definition) is 6. The van der Waals surface area contributed by atoms with Crippen molar-refractivity contribution in [2.75, 3.05) is 52.2 Å². The van der Waals surface area contributed by atoms with E-state index in [0.717, 1.165) is 32.1 Å². The summed E-state index contributed by atoms with van der Waals surface area (Å²) in [6, 6.07) is 10.8. The van der Waals surface area contributed by atoms with Crippen molar-refractivity contribution in [3.8, 4) is 5.75 Å². The van der Waals surface area contributed by atoms with E-state index in [1.165, 1.54) is 0 Å². The molecule has 2 N–H and O–H groups in total. The van der Waals surface area contributed by atoms with Crippen LogP contribution in [0.2, 0.25) is 0 Å². The number of fused-ring (bicyclic) bond motifs is 1. The van der Waals surface area contributed by atoms with Gasteiger partial charge in [-0.2, -0.15) is 0 Å². The highest BCUT2D eigenvalue weighted by atomic mass is 16.5. The zero-order valence-electron chi connectivity index (χ0n) is 19.9. The highest BCUT2D eigenvalue weighted by Gasteiger charge is 2.37. The summed E-state index contributed by atoms with van der Waals surface area (Å²) >= 11 is 0. The van der Waals surface area contributed by atoms with Gasteiger partial charge in [-0.3, -0.25) is 9.59 Å². The summed E-state index contributed by atoms with van der Waals surface area (Å²) in [5.74, 6) is 0.878. The molecule has 0 atom stereocenters. The van der Waals surface area contributed by atoms with Crippen molar-refractivity contribution in [1.82, 2.24) is 14.8 Å². The highest BCUT2D eigenvalue weighted by Crippen LogP contribution is 2.38. The largest absolute Gasteiger partial charge is 0.492 e. The van der Waals surface area contributed by atoms with Gasteiger partial charge in [0, 0.05) is 50.5 Å². The monoisotopic (exact) mass is 466 g/mol. The number of nitrogens with two attached hydrogens (primary N) is 1. The zero-order valence-corrected chi connectivity index (χ0v) is 19.9. The molecular formula is C26H34N4O4. The lowest BCUT2D eigenvalue weighted by Crippen LogP contribution is -2.45. The van der Waals surface area contributed by atoms with Crippen molar-refractivity contribution in [2.45, 2.75) is 32.1 Å². The molecule has 2 aliphatic rings. The van der Waals surface area contributed by atoms with Crippen molar-refractivity contribution in [2.24, 2.45) is 5.41 Å². The quantitative estimate of drug-likeness (QED) is 0.693. The van der Waals surface area contributed by atoms with Crippen LogP contribution in [0.25, 0.3) is 0 Å². The molecule has 0 bridgehead atoms. The van der Waals surface area contributed by atoms with Crippen molar-refractivity contribution < 1.29 is 19.1 Å². The summed E-state index contributed by atoms with van der Waals surface area (Å²) in [7, 11) is 1.79. The van der Waals surface area contributed by atoms with E-state index < -0.39 is 0 Å². The van der Waals surface area contributed by atoms with Crippen LogP contribution in [-0.2, 0) is 4.74 Å². The number of ether oxygens (including phenoxy) is 2. The van der Waals surface area contributed by atoms with Gasteiger partial charge in [0.1, 0.15) is 11.6 Å². The third-order valence-corrected chi connectivity index (χ3v) is 6.95. The summed E-state index contributed by atoms with van der Waals surface area (Å²) in [5.41, 5.74) is 6.85. The first-order chi connectivity index (χ1) is 16.5. The SMILES string of the molecule is CN1CCOCCCCC2(CCN(C(=O)c3ccnc(N)c3)CC2)COc2ccccc2C1=O. The number of nitrogens with zero attached hydrogens (tertiary/aromatic N) is 3. The van der Waals surface area contributed by atoms with Crippen molar-refractivity contribution in [1.29, 1.82) is 0 Å². The van der Waals surface area contributed by atoms with Gasteiger partial charge in [-0.25, -0.2) is 4.98 Å². The Kier molecular flexibility index (Phi) is 7.67. The molecule has 3 heterocycles. The number of nitrogen functional groups attached to an aromatic ring is 1. The molecule has 2 aromatic rings. The Bertz CT molecular complexity index is 1000. The van der Waals surface area contributed by atoms with Gasteiger partial charge in [-0.15, -0.1) is 0 Å². The molecule has 1 saturated heterocycles. The van der Waals surface area contributed by atoms with Crippen LogP contribution in [0.5, 0.6) is 5.75 Å². The Labute approximate surface area is 201 Å². The average molecular weight is 467 g/mol. The van der Waals surface area contributed by atoms with Crippen LogP contribution in [0, 0.1) is 5.41 Å². The Hall–Kier alpha value is -3.13. The van der Waals surface area contributed by atoms with Gasteiger partial charge in [0.2, 0.25) is 0 Å². The van der Waals surface area contributed by atoms with Gasteiger partial charge < -0.3 is 25.0 Å². The van der Waals surface area contributed by atoms with E-state index in [0.29, 0.717) is 62.1 Å². The first-order valence-electron chi connectivity index (χ1n) is 12.0. The molecule has 0 saturated carbocycles. The molecule has 1 aromatic carbocycles. The number of likely N-dealkylation sites (tertiary alicyclic amines) is 1. The number of piperidine rings is 1. The Balaban J connectivity index is 1.49. The number of amides is 2. The predicted octanol–water partition coefficient (Wildman–Crippen LogP) is 3.24. The number of pyridine rings is 1. The number of benzene rings is 1. The summed E-state index contributed by atoms with van der Waals surface area (Å²) < 4.78 is 12.1. The molecule has 182 valence electrons. The van der Waals surface area contributed by atoms with E-state index in [2.05, 4.69) is 4.98 Å². The topological polar surface area (TPSA) is 98.0 Å². The molecule has 34 heavy (non-hydrogen) atoms. The molecule has 1 spiro atoms. The summed E-state index contributed by atoms with van der Waals surface area (Å²) in [5, 5.41) is 0. The molecule has 2 aliphatic heterocycles. The minimum absolute atomic E-state index is 0.0156. The first-order valence-corrected chi connectivity index (χ1v) is 12.0. The molecule has 4 rings (SSSR count). The highest BCUT2D eigenvalue weighted by molar-refractivity contribution is 5.96. The smallest absolute Gasteiger partial charge is 0.257 e. The van der Waals surface area contributed by atoms with E-state index in [9.17, 15) is 9.59 Å². The van der Waals surface area contributed by atoms with Gasteiger partial charge in [-0.1, -0.05) is 18.6 Å². The van der Waals surface area contributed by atoms with Gasteiger partial charge in [0.15, 0.2) is 0 Å². The fraction of sp³-hybridized carbons (Fsp3) is 0.500. The lowest BCUT2D eigenvalue weighted by Gasteiger charge is -2.42. The Morgan fingerprint density at radius 3 is 2.65 bits per heavy atom. The molecule has 1 fully saturated rings. The maximum Gasteiger partial charge on any atom is 0.257 e. The van der Waals surface area contributed by atoms with Crippen LogP contribution in [0.1, 0.15) is 52.8 Å². The standard InChI is InChI=1S/C26H34N4O4/c1-29-15-17-33-16-5-4-9-26(19-34-22-7-3-2-6-21(22)25(29)32)10-13-30(14-11-26)24(31)20-8-12-28-23(27)18-20/h2-3,6-8,12,18H,4-5,9-11,13-17,19H2,1H3,(H2,27,28). The lowest BCUT2D eigenvalue weighted by molar-refractivity contribution is 0.0329. The van der Waals surface area contributed by atoms with E-state index >= 15 is 0 Å². The number of rotatable bonds is 1. The summed E-state index contributed by atoms with van der Waals surface area (Å²) in [4.78, 5) is 33.5. The molecule has 0 radical (unpaired) electrons. The number of anilines is 1. The maximum absolute atomic E-state index is 13.0. The van der Waals surface area contributed by atoms with Crippen LogP contribution in [0.4, 0.5) is 5.82 Å². The normalized spacial score (nSPS) is 19.7. The minimum atomic E-state index is -0.0673. The third-order valence-electron chi connectivity index (χ3n) is 6.95. The molecular weight excluding hydrogens is 432 g/mol. The molecule has 0 aliphatic carbocycles. The second kappa shape index (κ2) is 10.9. The van der Waals surface area contributed by atoms with Crippen LogP contribution in [0.3, 0.4) is 0 Å². The zero-order chi connectivity index (χ0) is 24.0. The second-order valence-electron chi connectivity index (χ2n) is 9.34. The van der Waals surface area contributed by atoms with Crippen LogP contribution < -0.4 is 10.5 Å². The van der Waals surface area contributed by atoms with Crippen LogP contribution >= 0.6 is 0 Å².